The summed E-state index contributed by atoms with van der Waals surface area (Å²) in [6.07, 6.45) is 3.32. The van der Waals surface area contributed by atoms with Gasteiger partial charge in [0, 0.05) is 49.1 Å². The molecule has 33 heavy (non-hydrogen) atoms. The first-order valence-corrected chi connectivity index (χ1v) is 11.2. The molecule has 2 saturated heterocycles. The smallest absolute Gasteiger partial charge is 0.253 e. The number of carbonyl (C=O) groups is 3. The maximum atomic E-state index is 12.9. The van der Waals surface area contributed by atoms with Crippen molar-refractivity contribution in [2.24, 2.45) is 5.92 Å². The number of anilines is 2. The molecule has 8 heteroatoms. The second-order valence-electron chi connectivity index (χ2n) is 8.37. The highest BCUT2D eigenvalue weighted by Gasteiger charge is 2.35. The third-order valence-corrected chi connectivity index (χ3v) is 6.19. The molecule has 0 aromatic heterocycles. The molecule has 2 fully saturated rings. The molecule has 0 saturated carbocycles. The normalized spacial score (nSPS) is 18.2. The van der Waals surface area contributed by atoms with E-state index in [4.69, 9.17) is 9.47 Å². The highest BCUT2D eigenvalue weighted by Crippen LogP contribution is 2.34. The number of rotatable bonds is 6. The number of likely N-dealkylation sites (tertiary alicyclic amines) is 1. The van der Waals surface area contributed by atoms with Crippen LogP contribution in [0.25, 0.3) is 0 Å². The first kappa shape index (κ1) is 22.6. The van der Waals surface area contributed by atoms with E-state index in [1.165, 1.54) is 7.11 Å². The first-order chi connectivity index (χ1) is 16.0. The minimum atomic E-state index is -0.493. The van der Waals surface area contributed by atoms with Gasteiger partial charge in [-0.1, -0.05) is 6.07 Å². The molecule has 2 aliphatic heterocycles. The Morgan fingerprint density at radius 2 is 1.73 bits per heavy atom. The summed E-state index contributed by atoms with van der Waals surface area (Å²) in [5.41, 5.74) is 1.77. The Kier molecular flexibility index (Phi) is 6.82. The molecule has 0 radical (unpaired) electrons. The third kappa shape index (κ3) is 4.94. The molecule has 0 bridgehead atoms. The number of methoxy groups -OCH3 is 2. The topological polar surface area (TPSA) is 88.2 Å². The summed E-state index contributed by atoms with van der Waals surface area (Å²) in [4.78, 5) is 41.8. The van der Waals surface area contributed by atoms with E-state index in [2.05, 4.69) is 5.32 Å². The summed E-state index contributed by atoms with van der Waals surface area (Å²) in [6, 6.07) is 12.2. The SMILES string of the molecule is COc1ccc(N2CC(C(=O)Nc3cccc(C(=O)N4CCCCC4)c3)CC2=O)cc1OC. The molecule has 8 nitrogen and oxygen atoms in total. The molecule has 3 amide bonds. The number of hydrogen-bond donors (Lipinski definition) is 1. The van der Waals surface area contributed by atoms with E-state index < -0.39 is 5.92 Å². The van der Waals surface area contributed by atoms with Gasteiger partial charge in [0.05, 0.1) is 20.1 Å². The molecule has 1 N–H and O–H groups in total. The summed E-state index contributed by atoms with van der Waals surface area (Å²) >= 11 is 0. The van der Waals surface area contributed by atoms with Gasteiger partial charge in [0.15, 0.2) is 11.5 Å². The summed E-state index contributed by atoms with van der Waals surface area (Å²) in [5, 5.41) is 2.88. The molecule has 2 aromatic rings. The first-order valence-electron chi connectivity index (χ1n) is 11.2. The van der Waals surface area contributed by atoms with Crippen LogP contribution in [-0.2, 0) is 9.59 Å². The zero-order valence-corrected chi connectivity index (χ0v) is 19.0. The van der Waals surface area contributed by atoms with Crippen molar-refractivity contribution in [3.63, 3.8) is 0 Å². The summed E-state index contributed by atoms with van der Waals surface area (Å²) in [7, 11) is 3.09. The fourth-order valence-electron chi connectivity index (χ4n) is 4.38. The minimum Gasteiger partial charge on any atom is -0.493 e. The van der Waals surface area contributed by atoms with Gasteiger partial charge in [-0.05, 0) is 49.6 Å². The van der Waals surface area contributed by atoms with E-state index in [1.54, 1.807) is 54.5 Å². The second kappa shape index (κ2) is 9.94. The molecule has 0 aliphatic carbocycles. The highest BCUT2D eigenvalue weighted by atomic mass is 16.5. The standard InChI is InChI=1S/C25H29N3O5/c1-32-21-10-9-20(15-22(21)33-2)28-16-18(14-23(28)29)24(30)26-19-8-6-7-17(13-19)25(31)27-11-4-3-5-12-27/h6-10,13,15,18H,3-5,11-12,14,16H2,1-2H3,(H,26,30). The molecule has 174 valence electrons. The number of ether oxygens (including phenoxy) is 2. The van der Waals surface area contributed by atoms with E-state index in [0.717, 1.165) is 32.4 Å². The monoisotopic (exact) mass is 451 g/mol. The lowest BCUT2D eigenvalue weighted by atomic mass is 10.1. The molecule has 1 unspecified atom stereocenters. The van der Waals surface area contributed by atoms with Crippen molar-refractivity contribution in [3.05, 3.63) is 48.0 Å². The van der Waals surface area contributed by atoms with Gasteiger partial charge in [-0.3, -0.25) is 14.4 Å². The van der Waals surface area contributed by atoms with Crippen LogP contribution in [0.15, 0.2) is 42.5 Å². The van der Waals surface area contributed by atoms with Gasteiger partial charge >= 0.3 is 0 Å². The largest absolute Gasteiger partial charge is 0.493 e. The fraction of sp³-hybridized carbons (Fsp3) is 0.400. The van der Waals surface area contributed by atoms with Gasteiger partial charge in [0.1, 0.15) is 0 Å². The maximum Gasteiger partial charge on any atom is 0.253 e. The van der Waals surface area contributed by atoms with Crippen LogP contribution in [0.5, 0.6) is 11.5 Å². The molecule has 2 aliphatic rings. The molecule has 4 rings (SSSR count). The predicted molar refractivity (Wildman–Crippen MR) is 125 cm³/mol. The minimum absolute atomic E-state index is 0.0125. The Balaban J connectivity index is 1.42. The second-order valence-corrected chi connectivity index (χ2v) is 8.37. The Labute approximate surface area is 193 Å². The zero-order chi connectivity index (χ0) is 23.4. The van der Waals surface area contributed by atoms with Crippen molar-refractivity contribution >= 4 is 29.1 Å². The van der Waals surface area contributed by atoms with Crippen molar-refractivity contribution in [2.75, 3.05) is 44.1 Å². The number of piperidine rings is 1. The van der Waals surface area contributed by atoms with Crippen LogP contribution in [0.2, 0.25) is 0 Å². The molecule has 2 aromatic carbocycles. The van der Waals surface area contributed by atoms with Gasteiger partial charge in [0.25, 0.3) is 5.91 Å². The van der Waals surface area contributed by atoms with Crippen LogP contribution in [0, 0.1) is 5.92 Å². The van der Waals surface area contributed by atoms with Crippen molar-refractivity contribution in [3.8, 4) is 11.5 Å². The van der Waals surface area contributed by atoms with E-state index in [1.807, 2.05) is 4.90 Å². The van der Waals surface area contributed by atoms with E-state index in [9.17, 15) is 14.4 Å². The Hall–Kier alpha value is -3.55. The lowest BCUT2D eigenvalue weighted by molar-refractivity contribution is -0.122. The number of nitrogens with one attached hydrogen (secondary N) is 1. The molecule has 2 heterocycles. The van der Waals surface area contributed by atoms with Crippen molar-refractivity contribution in [1.29, 1.82) is 0 Å². The molecule has 1 atom stereocenters. The molecule has 0 spiro atoms. The van der Waals surface area contributed by atoms with E-state index in [-0.39, 0.29) is 30.7 Å². The van der Waals surface area contributed by atoms with Crippen LogP contribution < -0.4 is 19.7 Å². The van der Waals surface area contributed by atoms with Crippen molar-refractivity contribution < 1.29 is 23.9 Å². The Morgan fingerprint density at radius 3 is 2.45 bits per heavy atom. The maximum absolute atomic E-state index is 12.9. The third-order valence-electron chi connectivity index (χ3n) is 6.19. The van der Waals surface area contributed by atoms with Crippen LogP contribution in [0.1, 0.15) is 36.0 Å². The number of nitrogens with zero attached hydrogens (tertiary/aromatic N) is 2. The van der Waals surface area contributed by atoms with E-state index in [0.29, 0.717) is 28.4 Å². The molecular weight excluding hydrogens is 422 g/mol. The van der Waals surface area contributed by atoms with Gasteiger partial charge in [0.2, 0.25) is 11.8 Å². The van der Waals surface area contributed by atoms with Gasteiger partial charge in [-0.2, -0.15) is 0 Å². The van der Waals surface area contributed by atoms with Gasteiger partial charge in [-0.25, -0.2) is 0 Å². The van der Waals surface area contributed by atoms with E-state index >= 15 is 0 Å². The van der Waals surface area contributed by atoms with Crippen molar-refractivity contribution in [2.45, 2.75) is 25.7 Å². The van der Waals surface area contributed by atoms with Crippen LogP contribution >= 0.6 is 0 Å². The molecular formula is C25H29N3O5. The number of amides is 3. The van der Waals surface area contributed by atoms with Gasteiger partial charge in [-0.15, -0.1) is 0 Å². The number of hydrogen-bond acceptors (Lipinski definition) is 5. The lowest BCUT2D eigenvalue weighted by Crippen LogP contribution is -2.35. The average Bonchev–Trinajstić information content (AvgIpc) is 3.25. The number of carbonyl (C=O) groups excluding carboxylic acids is 3. The summed E-state index contributed by atoms with van der Waals surface area (Å²) in [6.45, 7) is 1.81. The highest BCUT2D eigenvalue weighted by molar-refractivity contribution is 6.04. The predicted octanol–water partition coefficient (Wildman–Crippen LogP) is 3.32. The van der Waals surface area contributed by atoms with Crippen LogP contribution in [0.3, 0.4) is 0 Å². The average molecular weight is 452 g/mol. The number of benzene rings is 2. The van der Waals surface area contributed by atoms with Gasteiger partial charge < -0.3 is 24.6 Å². The Morgan fingerprint density at radius 1 is 0.970 bits per heavy atom. The zero-order valence-electron chi connectivity index (χ0n) is 19.0. The summed E-state index contributed by atoms with van der Waals surface area (Å²) in [5.74, 6) is 0.214. The fourth-order valence-corrected chi connectivity index (χ4v) is 4.38. The van der Waals surface area contributed by atoms with Crippen molar-refractivity contribution in [1.82, 2.24) is 4.90 Å². The summed E-state index contributed by atoms with van der Waals surface area (Å²) < 4.78 is 10.6. The Bertz CT molecular complexity index is 1050. The van der Waals surface area contributed by atoms with Crippen LogP contribution in [0.4, 0.5) is 11.4 Å². The quantitative estimate of drug-likeness (QED) is 0.728. The van der Waals surface area contributed by atoms with Crippen LogP contribution in [-0.4, -0.2) is 56.5 Å². The lowest BCUT2D eigenvalue weighted by Gasteiger charge is -2.26.